The molecule has 0 fully saturated rings. The van der Waals surface area contributed by atoms with Crippen molar-refractivity contribution in [1.29, 1.82) is 0 Å². The molecule has 0 aliphatic heterocycles. The fraction of sp³-hybridized carbons (Fsp3) is 0. The van der Waals surface area contributed by atoms with Crippen LogP contribution in [0.5, 0.6) is 0 Å². The lowest BCUT2D eigenvalue weighted by Gasteiger charge is -2.15. The summed E-state index contributed by atoms with van der Waals surface area (Å²) in [6, 6.07) is 69.6. The molecule has 56 heavy (non-hydrogen) atoms. The molecule has 0 atom stereocenters. The maximum Gasteiger partial charge on any atom is 0.0978 e. The molecule has 0 spiro atoms. The predicted octanol–water partition coefficient (Wildman–Crippen LogP) is 13.5. The van der Waals surface area contributed by atoms with Gasteiger partial charge in [0.05, 0.1) is 44.3 Å². The molecule has 4 heteroatoms. The van der Waals surface area contributed by atoms with Crippen LogP contribution in [0.1, 0.15) is 0 Å². The third-order valence-corrected chi connectivity index (χ3v) is 11.5. The summed E-state index contributed by atoms with van der Waals surface area (Å²) >= 11 is 0. The van der Waals surface area contributed by atoms with Gasteiger partial charge in [0.25, 0.3) is 0 Å². The van der Waals surface area contributed by atoms with Gasteiger partial charge in [0, 0.05) is 60.2 Å². The van der Waals surface area contributed by atoms with E-state index in [2.05, 4.69) is 197 Å². The standard InChI is InChI=1S/C52H32N4/c1-2-12-33(13-3-1)44-30-25-35-24-29-42-50(41-17-4-8-18-45(41)54-52(42)51(35)53-44)34-22-26-36(27-23-34)55-48-21-11-7-16-40(48)43-32-37(28-31-49(43)55)56-46-19-9-5-14-38(46)39-15-6-10-20-47(39)56/h1-32H. The summed E-state index contributed by atoms with van der Waals surface area (Å²) in [5, 5.41) is 8.29. The summed E-state index contributed by atoms with van der Waals surface area (Å²) in [5.74, 6) is 0. The Bertz CT molecular complexity index is 3470. The number of nitrogens with zero attached hydrogens (tertiary/aromatic N) is 4. The second-order valence-corrected chi connectivity index (χ2v) is 14.6. The zero-order chi connectivity index (χ0) is 36.7. The molecule has 0 unspecified atom stereocenters. The fourth-order valence-corrected chi connectivity index (χ4v) is 8.97. The van der Waals surface area contributed by atoms with Gasteiger partial charge in [-0.3, -0.25) is 0 Å². The number of hydrogen-bond donors (Lipinski definition) is 0. The minimum absolute atomic E-state index is 0.915. The summed E-state index contributed by atoms with van der Waals surface area (Å²) in [6.45, 7) is 0. The Morgan fingerprint density at radius 2 is 0.875 bits per heavy atom. The number of aromatic nitrogens is 4. The Hall–Kier alpha value is -7.56. The average Bonchev–Trinajstić information content (AvgIpc) is 3.78. The van der Waals surface area contributed by atoms with Crippen LogP contribution in [0.2, 0.25) is 0 Å². The van der Waals surface area contributed by atoms with Crippen LogP contribution in [0.4, 0.5) is 0 Å². The van der Waals surface area contributed by atoms with E-state index in [9.17, 15) is 0 Å². The smallest absolute Gasteiger partial charge is 0.0978 e. The van der Waals surface area contributed by atoms with E-state index in [-0.39, 0.29) is 0 Å². The number of para-hydroxylation sites is 4. The molecule has 0 N–H and O–H groups in total. The lowest BCUT2D eigenvalue weighted by Crippen LogP contribution is -1.96. The van der Waals surface area contributed by atoms with Crippen molar-refractivity contribution in [3.63, 3.8) is 0 Å². The minimum atomic E-state index is 0.915. The number of benzene rings is 8. The van der Waals surface area contributed by atoms with E-state index in [0.717, 1.165) is 60.9 Å². The van der Waals surface area contributed by atoms with Crippen LogP contribution in [0.3, 0.4) is 0 Å². The van der Waals surface area contributed by atoms with Gasteiger partial charge in [-0.2, -0.15) is 0 Å². The first-order valence-electron chi connectivity index (χ1n) is 19.1. The lowest BCUT2D eigenvalue weighted by atomic mass is 9.95. The van der Waals surface area contributed by atoms with Crippen LogP contribution in [0.15, 0.2) is 194 Å². The first-order valence-corrected chi connectivity index (χ1v) is 19.1. The Balaban J connectivity index is 1.03. The molecule has 0 radical (unpaired) electrons. The van der Waals surface area contributed by atoms with Crippen LogP contribution >= 0.6 is 0 Å². The van der Waals surface area contributed by atoms with Gasteiger partial charge in [-0.05, 0) is 66.2 Å². The van der Waals surface area contributed by atoms with Crippen molar-refractivity contribution in [2.45, 2.75) is 0 Å². The van der Waals surface area contributed by atoms with Crippen molar-refractivity contribution in [2.24, 2.45) is 0 Å². The van der Waals surface area contributed by atoms with E-state index in [1.807, 2.05) is 6.07 Å². The monoisotopic (exact) mass is 712 g/mol. The highest BCUT2D eigenvalue weighted by atomic mass is 15.0. The lowest BCUT2D eigenvalue weighted by molar-refractivity contribution is 1.17. The Morgan fingerprint density at radius 3 is 1.59 bits per heavy atom. The molecule has 4 aromatic heterocycles. The molecule has 4 heterocycles. The molecule has 0 amide bonds. The number of hydrogen-bond acceptors (Lipinski definition) is 2. The van der Waals surface area contributed by atoms with Crippen molar-refractivity contribution in [3.05, 3.63) is 194 Å². The molecule has 0 saturated heterocycles. The molecule has 0 saturated carbocycles. The molecule has 8 aromatic carbocycles. The largest absolute Gasteiger partial charge is 0.309 e. The third-order valence-electron chi connectivity index (χ3n) is 11.5. The molecule has 260 valence electrons. The van der Waals surface area contributed by atoms with Crippen molar-refractivity contribution in [2.75, 3.05) is 0 Å². The van der Waals surface area contributed by atoms with Gasteiger partial charge in [-0.25, -0.2) is 9.97 Å². The van der Waals surface area contributed by atoms with Crippen LogP contribution in [0, 0.1) is 0 Å². The quantitative estimate of drug-likeness (QED) is 0.135. The summed E-state index contributed by atoms with van der Waals surface area (Å²) < 4.78 is 4.80. The highest BCUT2D eigenvalue weighted by Crippen LogP contribution is 2.40. The van der Waals surface area contributed by atoms with Crippen molar-refractivity contribution in [3.8, 4) is 33.8 Å². The molecule has 0 aliphatic carbocycles. The predicted molar refractivity (Wildman–Crippen MR) is 234 cm³/mol. The van der Waals surface area contributed by atoms with E-state index in [1.165, 1.54) is 49.2 Å². The van der Waals surface area contributed by atoms with Crippen LogP contribution in [0.25, 0.3) is 110 Å². The van der Waals surface area contributed by atoms with Gasteiger partial charge in [-0.15, -0.1) is 0 Å². The van der Waals surface area contributed by atoms with E-state index in [0.29, 0.717) is 0 Å². The fourth-order valence-electron chi connectivity index (χ4n) is 8.97. The molecule has 12 rings (SSSR count). The zero-order valence-electron chi connectivity index (χ0n) is 30.3. The summed E-state index contributed by atoms with van der Waals surface area (Å²) in [4.78, 5) is 10.4. The van der Waals surface area contributed by atoms with Crippen LogP contribution in [-0.2, 0) is 0 Å². The van der Waals surface area contributed by atoms with Crippen LogP contribution < -0.4 is 0 Å². The molecule has 4 nitrogen and oxygen atoms in total. The number of rotatable bonds is 4. The van der Waals surface area contributed by atoms with Crippen LogP contribution in [-0.4, -0.2) is 19.1 Å². The van der Waals surface area contributed by atoms with Gasteiger partial charge in [0.2, 0.25) is 0 Å². The zero-order valence-corrected chi connectivity index (χ0v) is 30.3. The van der Waals surface area contributed by atoms with E-state index < -0.39 is 0 Å². The van der Waals surface area contributed by atoms with Gasteiger partial charge >= 0.3 is 0 Å². The van der Waals surface area contributed by atoms with Gasteiger partial charge in [0.1, 0.15) is 0 Å². The van der Waals surface area contributed by atoms with E-state index in [1.54, 1.807) is 0 Å². The van der Waals surface area contributed by atoms with Gasteiger partial charge in [-0.1, -0.05) is 133 Å². The summed E-state index contributed by atoms with van der Waals surface area (Å²) in [5.41, 5.74) is 14.2. The topological polar surface area (TPSA) is 35.6 Å². The normalized spacial score (nSPS) is 11.9. The molecule has 0 aliphatic rings. The van der Waals surface area contributed by atoms with E-state index >= 15 is 0 Å². The molecule has 0 bridgehead atoms. The van der Waals surface area contributed by atoms with Crippen molar-refractivity contribution in [1.82, 2.24) is 19.1 Å². The molecule has 12 aromatic rings. The van der Waals surface area contributed by atoms with Crippen molar-refractivity contribution < 1.29 is 0 Å². The summed E-state index contributed by atoms with van der Waals surface area (Å²) in [6.07, 6.45) is 0. The summed E-state index contributed by atoms with van der Waals surface area (Å²) in [7, 11) is 0. The minimum Gasteiger partial charge on any atom is -0.309 e. The highest BCUT2D eigenvalue weighted by molar-refractivity contribution is 6.16. The second-order valence-electron chi connectivity index (χ2n) is 14.6. The van der Waals surface area contributed by atoms with Crippen molar-refractivity contribution >= 4 is 76.3 Å². The Kier molecular flexibility index (Phi) is 6.60. The number of fused-ring (bicyclic) bond motifs is 10. The first-order chi connectivity index (χ1) is 27.8. The number of pyridine rings is 2. The van der Waals surface area contributed by atoms with E-state index in [4.69, 9.17) is 9.97 Å². The van der Waals surface area contributed by atoms with Gasteiger partial charge in [0.15, 0.2) is 0 Å². The second kappa shape index (κ2) is 12.0. The maximum absolute atomic E-state index is 5.24. The third kappa shape index (κ3) is 4.53. The first kappa shape index (κ1) is 30.9. The average molecular weight is 713 g/mol. The SMILES string of the molecule is c1ccc(-c2ccc3ccc4c(-c5ccc(-n6c7ccccc7c7cc(-n8c9ccccc9c9ccccc98)ccc76)cc5)c5ccccc5nc4c3n2)cc1. The molecular formula is C52H32N4. The maximum atomic E-state index is 5.24. The highest BCUT2D eigenvalue weighted by Gasteiger charge is 2.18. The Morgan fingerprint density at radius 1 is 0.321 bits per heavy atom. The van der Waals surface area contributed by atoms with Gasteiger partial charge < -0.3 is 9.13 Å². The Labute approximate surface area is 322 Å². The molecular weight excluding hydrogens is 681 g/mol.